The molecule has 1 aromatic carbocycles. The molecule has 0 unspecified atom stereocenters. The van der Waals surface area contributed by atoms with Crippen molar-refractivity contribution in [2.45, 2.75) is 39.0 Å². The fourth-order valence-electron chi connectivity index (χ4n) is 2.13. The van der Waals surface area contributed by atoms with Crippen LogP contribution in [0.3, 0.4) is 0 Å². The summed E-state index contributed by atoms with van der Waals surface area (Å²) in [5.41, 5.74) is 7.56. The molecule has 6 heteroatoms. The van der Waals surface area contributed by atoms with Crippen LogP contribution in [-0.4, -0.2) is 29.1 Å². The Morgan fingerprint density at radius 1 is 1.30 bits per heavy atom. The van der Waals surface area contributed by atoms with Crippen molar-refractivity contribution in [3.05, 3.63) is 35.7 Å². The van der Waals surface area contributed by atoms with Crippen LogP contribution in [0.1, 0.15) is 44.1 Å². The van der Waals surface area contributed by atoms with Gasteiger partial charge in [0.05, 0.1) is 0 Å². The summed E-state index contributed by atoms with van der Waals surface area (Å²) >= 11 is 0. The highest BCUT2D eigenvalue weighted by molar-refractivity contribution is 5.75. The summed E-state index contributed by atoms with van der Waals surface area (Å²) in [6, 6.07) is 8.12. The lowest BCUT2D eigenvalue weighted by atomic mass is 10.0. The van der Waals surface area contributed by atoms with Crippen LogP contribution in [0, 0.1) is 0 Å². The zero-order valence-electron chi connectivity index (χ0n) is 13.7. The maximum Gasteiger partial charge on any atom is 0.227 e. The quantitative estimate of drug-likeness (QED) is 0.729. The van der Waals surface area contributed by atoms with Crippen molar-refractivity contribution in [2.24, 2.45) is 5.73 Å². The fraction of sp³-hybridized carbons (Fsp3) is 0.471. The SMILES string of the molecule is CC(C)c1ccc(-c2noc(CCC(=O)NCCCN)n2)cc1. The minimum absolute atomic E-state index is 0.0283. The Bertz CT molecular complexity index is 620. The molecule has 0 saturated heterocycles. The van der Waals surface area contributed by atoms with Gasteiger partial charge in [-0.1, -0.05) is 43.3 Å². The van der Waals surface area contributed by atoms with E-state index in [9.17, 15) is 4.79 Å². The van der Waals surface area contributed by atoms with Crippen molar-refractivity contribution in [1.82, 2.24) is 15.5 Å². The molecule has 0 aliphatic rings. The van der Waals surface area contributed by atoms with Gasteiger partial charge in [-0.2, -0.15) is 4.98 Å². The van der Waals surface area contributed by atoms with Crippen molar-refractivity contribution in [2.75, 3.05) is 13.1 Å². The van der Waals surface area contributed by atoms with E-state index in [0.29, 0.717) is 43.6 Å². The van der Waals surface area contributed by atoms with Gasteiger partial charge in [0.25, 0.3) is 0 Å². The molecule has 23 heavy (non-hydrogen) atoms. The third-order valence-electron chi connectivity index (χ3n) is 3.57. The lowest BCUT2D eigenvalue weighted by Crippen LogP contribution is -2.26. The van der Waals surface area contributed by atoms with Crippen LogP contribution in [0.4, 0.5) is 0 Å². The molecular weight excluding hydrogens is 292 g/mol. The van der Waals surface area contributed by atoms with Gasteiger partial charge in [0.15, 0.2) is 0 Å². The topological polar surface area (TPSA) is 94.0 Å². The molecule has 2 rings (SSSR count). The van der Waals surface area contributed by atoms with Gasteiger partial charge in [-0.25, -0.2) is 0 Å². The van der Waals surface area contributed by atoms with E-state index in [2.05, 4.69) is 41.4 Å². The van der Waals surface area contributed by atoms with Crippen molar-refractivity contribution in [3.8, 4) is 11.4 Å². The Balaban J connectivity index is 1.89. The van der Waals surface area contributed by atoms with Gasteiger partial charge < -0.3 is 15.6 Å². The molecule has 0 spiro atoms. The number of amides is 1. The summed E-state index contributed by atoms with van der Waals surface area (Å²) in [4.78, 5) is 16.0. The first kappa shape index (κ1) is 17.1. The number of rotatable bonds is 8. The Morgan fingerprint density at radius 2 is 2.04 bits per heavy atom. The summed E-state index contributed by atoms with van der Waals surface area (Å²) in [6.07, 6.45) is 1.55. The number of aromatic nitrogens is 2. The maximum absolute atomic E-state index is 11.6. The number of carbonyl (C=O) groups excluding carboxylic acids is 1. The number of hydrogen-bond donors (Lipinski definition) is 2. The molecule has 124 valence electrons. The average Bonchev–Trinajstić information content (AvgIpc) is 3.02. The highest BCUT2D eigenvalue weighted by Gasteiger charge is 2.11. The van der Waals surface area contributed by atoms with Gasteiger partial charge in [0.1, 0.15) is 0 Å². The normalized spacial score (nSPS) is 11.0. The van der Waals surface area contributed by atoms with Crippen molar-refractivity contribution >= 4 is 5.91 Å². The predicted molar refractivity (Wildman–Crippen MR) is 88.8 cm³/mol. The molecule has 3 N–H and O–H groups in total. The molecule has 0 atom stereocenters. The van der Waals surface area contributed by atoms with Gasteiger partial charge >= 0.3 is 0 Å². The van der Waals surface area contributed by atoms with Crippen molar-refractivity contribution < 1.29 is 9.32 Å². The summed E-state index contributed by atoms with van der Waals surface area (Å²) in [5.74, 6) is 1.49. The minimum Gasteiger partial charge on any atom is -0.356 e. The Hall–Kier alpha value is -2.21. The molecule has 2 aromatic rings. The van der Waals surface area contributed by atoms with Crippen LogP contribution < -0.4 is 11.1 Å². The number of nitrogens with two attached hydrogens (primary N) is 1. The second-order valence-corrected chi connectivity index (χ2v) is 5.78. The van der Waals surface area contributed by atoms with E-state index < -0.39 is 0 Å². The van der Waals surface area contributed by atoms with Gasteiger partial charge in [-0.05, 0) is 24.4 Å². The van der Waals surface area contributed by atoms with Crippen LogP contribution in [0.15, 0.2) is 28.8 Å². The highest BCUT2D eigenvalue weighted by atomic mass is 16.5. The molecule has 1 amide bonds. The fourth-order valence-corrected chi connectivity index (χ4v) is 2.13. The van der Waals surface area contributed by atoms with E-state index in [1.54, 1.807) is 0 Å². The molecule has 1 heterocycles. The highest BCUT2D eigenvalue weighted by Crippen LogP contribution is 2.20. The van der Waals surface area contributed by atoms with E-state index in [4.69, 9.17) is 10.3 Å². The Kier molecular flexibility index (Phi) is 6.29. The number of benzene rings is 1. The van der Waals surface area contributed by atoms with Crippen LogP contribution in [0.25, 0.3) is 11.4 Å². The number of nitrogens with one attached hydrogen (secondary N) is 1. The third kappa shape index (κ3) is 5.17. The van der Waals surface area contributed by atoms with Crippen LogP contribution in [0.2, 0.25) is 0 Å². The van der Waals surface area contributed by atoms with E-state index in [-0.39, 0.29) is 5.91 Å². The van der Waals surface area contributed by atoms with Gasteiger partial charge in [0, 0.05) is 24.9 Å². The summed E-state index contributed by atoms with van der Waals surface area (Å²) in [6.45, 7) is 5.48. The summed E-state index contributed by atoms with van der Waals surface area (Å²) in [7, 11) is 0. The number of hydrogen-bond acceptors (Lipinski definition) is 5. The first-order chi connectivity index (χ1) is 11.1. The summed E-state index contributed by atoms with van der Waals surface area (Å²) in [5, 5.41) is 6.78. The van der Waals surface area contributed by atoms with E-state index in [1.807, 2.05) is 12.1 Å². The largest absolute Gasteiger partial charge is 0.356 e. The van der Waals surface area contributed by atoms with Crippen molar-refractivity contribution in [1.29, 1.82) is 0 Å². The molecule has 0 aliphatic carbocycles. The van der Waals surface area contributed by atoms with Gasteiger partial charge in [-0.3, -0.25) is 4.79 Å². The van der Waals surface area contributed by atoms with Crippen LogP contribution >= 0.6 is 0 Å². The predicted octanol–water partition coefficient (Wildman–Crippen LogP) is 2.26. The molecule has 0 aliphatic heterocycles. The molecule has 0 radical (unpaired) electrons. The Labute approximate surface area is 136 Å². The monoisotopic (exact) mass is 316 g/mol. The zero-order valence-corrected chi connectivity index (χ0v) is 13.7. The molecule has 0 bridgehead atoms. The van der Waals surface area contributed by atoms with Crippen LogP contribution in [-0.2, 0) is 11.2 Å². The van der Waals surface area contributed by atoms with E-state index >= 15 is 0 Å². The maximum atomic E-state index is 11.6. The minimum atomic E-state index is -0.0283. The van der Waals surface area contributed by atoms with Gasteiger partial charge in [0.2, 0.25) is 17.6 Å². The second kappa shape index (κ2) is 8.43. The Morgan fingerprint density at radius 3 is 2.70 bits per heavy atom. The van der Waals surface area contributed by atoms with E-state index in [0.717, 1.165) is 12.0 Å². The standard InChI is InChI=1S/C17H24N4O2/c1-12(2)13-4-6-14(7-5-13)17-20-16(23-21-17)9-8-15(22)19-11-3-10-18/h4-7,12H,3,8-11,18H2,1-2H3,(H,19,22). The number of nitrogens with zero attached hydrogens (tertiary/aromatic N) is 2. The molecule has 0 saturated carbocycles. The number of carbonyl (C=O) groups is 1. The van der Waals surface area contributed by atoms with Gasteiger partial charge in [-0.15, -0.1) is 0 Å². The van der Waals surface area contributed by atoms with Crippen molar-refractivity contribution in [3.63, 3.8) is 0 Å². The molecular formula is C17H24N4O2. The lowest BCUT2D eigenvalue weighted by Gasteiger charge is -2.04. The summed E-state index contributed by atoms with van der Waals surface area (Å²) < 4.78 is 5.21. The molecule has 1 aromatic heterocycles. The number of aryl methyl sites for hydroxylation is 1. The average molecular weight is 316 g/mol. The molecule has 0 fully saturated rings. The second-order valence-electron chi connectivity index (χ2n) is 5.78. The van der Waals surface area contributed by atoms with E-state index in [1.165, 1.54) is 5.56 Å². The lowest BCUT2D eigenvalue weighted by molar-refractivity contribution is -0.121. The molecule has 6 nitrogen and oxygen atoms in total. The van der Waals surface area contributed by atoms with Crippen LogP contribution in [0.5, 0.6) is 0 Å². The smallest absolute Gasteiger partial charge is 0.227 e. The third-order valence-corrected chi connectivity index (χ3v) is 3.57. The zero-order chi connectivity index (χ0) is 16.7. The first-order valence-electron chi connectivity index (χ1n) is 8.00. The first-order valence-corrected chi connectivity index (χ1v) is 8.00.